The van der Waals surface area contributed by atoms with Gasteiger partial charge in [0.05, 0.1) is 28.5 Å². The predicted octanol–water partition coefficient (Wildman–Crippen LogP) is 3.11. The van der Waals surface area contributed by atoms with E-state index in [1.807, 2.05) is 48.7 Å². The summed E-state index contributed by atoms with van der Waals surface area (Å²) < 4.78 is 2.30. The Morgan fingerprint density at radius 1 is 1.03 bits per heavy atom. The quantitative estimate of drug-likeness (QED) is 0.331. The Bertz CT molecular complexity index is 1560. The molecule has 0 saturated carbocycles. The Labute approximate surface area is 231 Å². The molecule has 0 bridgehead atoms. The van der Waals surface area contributed by atoms with E-state index in [1.54, 1.807) is 15.6 Å². The van der Waals surface area contributed by atoms with Gasteiger partial charge in [0, 0.05) is 41.9 Å². The Hall–Kier alpha value is -4.32. The first-order valence-electron chi connectivity index (χ1n) is 12.6. The molecule has 2 aliphatic rings. The fourth-order valence-electron chi connectivity index (χ4n) is 5.17. The highest BCUT2D eigenvalue weighted by Gasteiger charge is 2.35. The number of amides is 4. The van der Waals surface area contributed by atoms with E-state index < -0.39 is 18.0 Å². The number of likely N-dealkylation sites (tertiary alicyclic amines) is 1. The SMILES string of the molecule is Nc1c(Br)c(C2CCN(C(=O)[C@H]3CC(=O)NC(=O)N3)CC2)nc2c(-c3ccc(-c4ccccc4)nc3)cnn12. The summed E-state index contributed by atoms with van der Waals surface area (Å²) in [6.45, 7) is 0.960. The van der Waals surface area contributed by atoms with E-state index in [-0.39, 0.29) is 18.2 Å². The molecule has 1 atom stereocenters. The second-order valence-electron chi connectivity index (χ2n) is 9.67. The number of imide groups is 1. The van der Waals surface area contributed by atoms with E-state index in [9.17, 15) is 14.4 Å². The van der Waals surface area contributed by atoms with Crippen LogP contribution in [0.25, 0.3) is 28.0 Å². The summed E-state index contributed by atoms with van der Waals surface area (Å²) in [6.07, 6.45) is 4.82. The first-order chi connectivity index (χ1) is 18.9. The number of aromatic nitrogens is 4. The number of nitrogens with zero attached hydrogens (tertiary/aromatic N) is 5. The number of anilines is 1. The molecule has 0 spiro atoms. The van der Waals surface area contributed by atoms with Gasteiger partial charge in [-0.2, -0.15) is 9.61 Å². The third kappa shape index (κ3) is 4.71. The molecule has 6 rings (SSSR count). The minimum atomic E-state index is -0.837. The van der Waals surface area contributed by atoms with E-state index in [4.69, 9.17) is 10.7 Å². The molecular formula is C27H25BrN8O3. The fourth-order valence-corrected chi connectivity index (χ4v) is 5.75. The molecule has 3 aromatic heterocycles. The van der Waals surface area contributed by atoms with Crippen molar-refractivity contribution in [2.75, 3.05) is 18.8 Å². The van der Waals surface area contributed by atoms with E-state index in [0.29, 0.717) is 41.9 Å². The van der Waals surface area contributed by atoms with Gasteiger partial charge in [-0.05, 0) is 34.8 Å². The first kappa shape index (κ1) is 25.0. The van der Waals surface area contributed by atoms with Crippen molar-refractivity contribution >= 4 is 45.2 Å². The third-order valence-corrected chi connectivity index (χ3v) is 8.04. The van der Waals surface area contributed by atoms with Crippen LogP contribution in [0.15, 0.2) is 59.3 Å². The summed E-state index contributed by atoms with van der Waals surface area (Å²) in [5.41, 5.74) is 11.5. The molecule has 1 aromatic carbocycles. The second-order valence-corrected chi connectivity index (χ2v) is 10.5. The molecule has 0 aliphatic carbocycles. The molecule has 0 radical (unpaired) electrons. The first-order valence-corrected chi connectivity index (χ1v) is 13.4. The molecule has 2 saturated heterocycles. The monoisotopic (exact) mass is 588 g/mol. The number of piperidine rings is 1. The molecular weight excluding hydrogens is 564 g/mol. The van der Waals surface area contributed by atoms with E-state index in [1.165, 1.54) is 0 Å². The summed E-state index contributed by atoms with van der Waals surface area (Å²) in [5.74, 6) is -0.195. The van der Waals surface area contributed by atoms with Gasteiger partial charge < -0.3 is 16.0 Å². The Kier molecular flexibility index (Phi) is 6.47. The van der Waals surface area contributed by atoms with Crippen LogP contribution in [0.2, 0.25) is 0 Å². The van der Waals surface area contributed by atoms with Gasteiger partial charge in [0.1, 0.15) is 11.9 Å². The number of pyridine rings is 1. The molecule has 198 valence electrons. The van der Waals surface area contributed by atoms with Crippen LogP contribution >= 0.6 is 15.9 Å². The third-order valence-electron chi connectivity index (χ3n) is 7.23. The molecule has 2 aliphatic heterocycles. The molecule has 5 heterocycles. The van der Waals surface area contributed by atoms with Crippen molar-refractivity contribution in [1.29, 1.82) is 0 Å². The number of nitrogens with one attached hydrogen (secondary N) is 2. The van der Waals surface area contributed by atoms with E-state index >= 15 is 0 Å². The summed E-state index contributed by atoms with van der Waals surface area (Å²) in [4.78, 5) is 47.6. The van der Waals surface area contributed by atoms with Crippen LogP contribution in [-0.2, 0) is 9.59 Å². The number of nitrogen functional groups attached to an aromatic ring is 1. The minimum absolute atomic E-state index is 0.0568. The summed E-state index contributed by atoms with van der Waals surface area (Å²) >= 11 is 3.62. The molecule has 11 nitrogen and oxygen atoms in total. The lowest BCUT2D eigenvalue weighted by Crippen LogP contribution is -2.58. The zero-order valence-corrected chi connectivity index (χ0v) is 22.4. The van der Waals surface area contributed by atoms with E-state index in [2.05, 4.69) is 36.6 Å². The number of hydrogen-bond donors (Lipinski definition) is 3. The predicted molar refractivity (Wildman–Crippen MR) is 147 cm³/mol. The van der Waals surface area contributed by atoms with Crippen LogP contribution in [0.1, 0.15) is 30.9 Å². The van der Waals surface area contributed by atoms with Gasteiger partial charge in [0.2, 0.25) is 11.8 Å². The highest BCUT2D eigenvalue weighted by Crippen LogP contribution is 2.37. The van der Waals surface area contributed by atoms with Gasteiger partial charge in [-0.3, -0.25) is 19.9 Å². The number of halogens is 1. The topological polar surface area (TPSA) is 148 Å². The van der Waals surface area contributed by atoms with Crippen LogP contribution in [0.4, 0.5) is 10.6 Å². The lowest BCUT2D eigenvalue weighted by molar-refractivity contribution is -0.137. The summed E-state index contributed by atoms with van der Waals surface area (Å²) in [7, 11) is 0. The maximum Gasteiger partial charge on any atom is 0.322 e. The van der Waals surface area contributed by atoms with Crippen molar-refractivity contribution < 1.29 is 14.4 Å². The Balaban J connectivity index is 1.23. The number of rotatable bonds is 4. The number of carbonyl (C=O) groups is 3. The van der Waals surface area contributed by atoms with Crippen LogP contribution < -0.4 is 16.4 Å². The van der Waals surface area contributed by atoms with Crippen molar-refractivity contribution in [2.24, 2.45) is 0 Å². The van der Waals surface area contributed by atoms with Crippen molar-refractivity contribution in [3.63, 3.8) is 0 Å². The number of urea groups is 1. The molecule has 4 amide bonds. The molecule has 2 fully saturated rings. The maximum absolute atomic E-state index is 12.9. The highest BCUT2D eigenvalue weighted by molar-refractivity contribution is 9.10. The van der Waals surface area contributed by atoms with Gasteiger partial charge >= 0.3 is 6.03 Å². The van der Waals surface area contributed by atoms with Crippen LogP contribution in [0.3, 0.4) is 0 Å². The number of hydrogen-bond acceptors (Lipinski definition) is 7. The van der Waals surface area contributed by atoms with E-state index in [0.717, 1.165) is 28.1 Å². The van der Waals surface area contributed by atoms with Crippen LogP contribution in [-0.4, -0.2) is 61.5 Å². The molecule has 39 heavy (non-hydrogen) atoms. The molecule has 12 heteroatoms. The zero-order valence-electron chi connectivity index (χ0n) is 20.8. The molecule has 4 N–H and O–H groups in total. The Morgan fingerprint density at radius 2 is 1.79 bits per heavy atom. The highest BCUT2D eigenvalue weighted by atomic mass is 79.9. The number of benzene rings is 1. The lowest BCUT2D eigenvalue weighted by Gasteiger charge is -2.35. The van der Waals surface area contributed by atoms with Crippen molar-refractivity contribution in [1.82, 2.24) is 35.1 Å². The summed E-state index contributed by atoms with van der Waals surface area (Å²) in [6, 6.07) is 12.5. The van der Waals surface area contributed by atoms with Crippen LogP contribution in [0, 0.1) is 0 Å². The number of fused-ring (bicyclic) bond motifs is 1. The largest absolute Gasteiger partial charge is 0.383 e. The molecule has 4 aromatic rings. The normalized spacial score (nSPS) is 18.2. The smallest absolute Gasteiger partial charge is 0.322 e. The average molecular weight is 589 g/mol. The number of nitrogens with two attached hydrogens (primary N) is 1. The van der Waals surface area contributed by atoms with Gasteiger partial charge in [-0.15, -0.1) is 0 Å². The average Bonchev–Trinajstić information content (AvgIpc) is 3.39. The molecule has 0 unspecified atom stereocenters. The number of carbonyl (C=O) groups excluding carboxylic acids is 3. The van der Waals surface area contributed by atoms with Crippen molar-refractivity contribution in [2.45, 2.75) is 31.2 Å². The van der Waals surface area contributed by atoms with Crippen LogP contribution in [0.5, 0.6) is 0 Å². The van der Waals surface area contributed by atoms with Gasteiger partial charge in [0.15, 0.2) is 5.65 Å². The van der Waals surface area contributed by atoms with Gasteiger partial charge in [-0.25, -0.2) is 9.78 Å². The maximum atomic E-state index is 12.9. The summed E-state index contributed by atoms with van der Waals surface area (Å²) in [5, 5.41) is 9.16. The fraction of sp³-hybridized carbons (Fsp3) is 0.259. The standard InChI is InChI=1S/C27H25BrN8O3/c28-22-23(16-8-10-35(11-9-16)26(38)20-12-21(37)33-27(39)32-20)34-25-18(14-31-36(25)24(22)29)17-6-7-19(30-13-17)15-4-2-1-3-5-15/h1-7,13-14,16,20H,8-12,29H2,(H2,32,33,37,39)/t20-/m1/s1. The lowest BCUT2D eigenvalue weighted by atomic mass is 9.92. The minimum Gasteiger partial charge on any atom is -0.383 e. The van der Waals surface area contributed by atoms with Gasteiger partial charge in [0.25, 0.3) is 0 Å². The van der Waals surface area contributed by atoms with Crippen molar-refractivity contribution in [3.05, 3.63) is 65.0 Å². The van der Waals surface area contributed by atoms with Gasteiger partial charge in [-0.1, -0.05) is 36.4 Å². The Morgan fingerprint density at radius 3 is 2.49 bits per heavy atom. The second kappa shape index (κ2) is 10.1. The van der Waals surface area contributed by atoms with Crippen molar-refractivity contribution in [3.8, 4) is 22.4 Å². The zero-order chi connectivity index (χ0) is 27.1.